The van der Waals surface area contributed by atoms with Crippen molar-refractivity contribution in [1.29, 1.82) is 0 Å². The van der Waals surface area contributed by atoms with Gasteiger partial charge in [0.15, 0.2) is 0 Å². The highest BCUT2D eigenvalue weighted by atomic mass is 32.1. The van der Waals surface area contributed by atoms with E-state index in [9.17, 15) is 9.90 Å². The number of phenols is 1. The van der Waals surface area contributed by atoms with Crippen molar-refractivity contribution in [2.75, 3.05) is 6.54 Å². The molecule has 1 N–H and O–H groups in total. The predicted molar refractivity (Wildman–Crippen MR) is 133 cm³/mol. The third-order valence-corrected chi connectivity index (χ3v) is 8.46. The number of aromatic hydroxyl groups is 1. The van der Waals surface area contributed by atoms with E-state index in [-0.39, 0.29) is 5.75 Å². The van der Waals surface area contributed by atoms with Crippen LogP contribution in [0.1, 0.15) is 45.6 Å². The fourth-order valence-electron chi connectivity index (χ4n) is 6.49. The van der Waals surface area contributed by atoms with Gasteiger partial charge >= 0.3 is 5.63 Å². The van der Waals surface area contributed by atoms with Gasteiger partial charge in [0.25, 0.3) is 0 Å². The van der Waals surface area contributed by atoms with Crippen LogP contribution in [0.3, 0.4) is 0 Å². The lowest BCUT2D eigenvalue weighted by molar-refractivity contribution is 0.126. The lowest BCUT2D eigenvalue weighted by Gasteiger charge is -2.40. The van der Waals surface area contributed by atoms with Gasteiger partial charge in [0.2, 0.25) is 0 Å². The molecule has 0 amide bonds. The zero-order chi connectivity index (χ0) is 23.0. The van der Waals surface area contributed by atoms with Crippen molar-refractivity contribution in [1.82, 2.24) is 9.88 Å². The van der Waals surface area contributed by atoms with Gasteiger partial charge < -0.3 is 9.52 Å². The molecule has 0 unspecified atom stereocenters. The third-order valence-electron chi connectivity index (χ3n) is 7.39. The summed E-state index contributed by atoms with van der Waals surface area (Å²) >= 11 is 1.49. The van der Waals surface area contributed by atoms with Gasteiger partial charge in [0.05, 0.1) is 21.3 Å². The molecule has 4 aromatic rings. The molecule has 1 aliphatic carbocycles. The maximum atomic E-state index is 13.0. The molecular formula is C27H28N2O3S. The Kier molecular flexibility index (Phi) is 4.52. The van der Waals surface area contributed by atoms with E-state index in [1.807, 2.05) is 36.4 Å². The number of aromatic nitrogens is 1. The van der Waals surface area contributed by atoms with Gasteiger partial charge in [-0.25, -0.2) is 9.78 Å². The topological polar surface area (TPSA) is 66.6 Å². The minimum Gasteiger partial charge on any atom is -0.507 e. The average molecular weight is 461 g/mol. The molecule has 33 heavy (non-hydrogen) atoms. The number of rotatable bonds is 3. The number of hydrogen-bond acceptors (Lipinski definition) is 6. The van der Waals surface area contributed by atoms with Gasteiger partial charge in [-0.3, -0.25) is 4.90 Å². The van der Waals surface area contributed by atoms with E-state index in [1.54, 1.807) is 6.07 Å². The van der Waals surface area contributed by atoms with Crippen molar-refractivity contribution in [3.05, 3.63) is 58.4 Å². The van der Waals surface area contributed by atoms with Crippen molar-refractivity contribution >= 4 is 32.5 Å². The second-order valence-corrected chi connectivity index (χ2v) is 12.1. The number of nitrogens with zero attached hydrogens (tertiary/aromatic N) is 2. The Morgan fingerprint density at radius 1 is 1.18 bits per heavy atom. The van der Waals surface area contributed by atoms with Crippen LogP contribution in [0, 0.1) is 10.8 Å². The SMILES string of the molecule is CC1(C)C[C@@H]2C[C@](C)(CN2Cc2c(O)ccc3cc(-c4nc5ccccc5s4)c(=O)oc23)C1. The van der Waals surface area contributed by atoms with E-state index in [0.717, 1.165) is 28.6 Å². The van der Waals surface area contributed by atoms with E-state index in [2.05, 4.69) is 30.7 Å². The molecule has 0 spiro atoms. The number of hydrogen-bond donors (Lipinski definition) is 1. The van der Waals surface area contributed by atoms with Gasteiger partial charge in [-0.1, -0.05) is 32.9 Å². The van der Waals surface area contributed by atoms with Crippen molar-refractivity contribution < 1.29 is 9.52 Å². The molecule has 2 atom stereocenters. The number of thiazole rings is 1. The maximum Gasteiger partial charge on any atom is 0.346 e. The van der Waals surface area contributed by atoms with Crippen LogP contribution in [-0.4, -0.2) is 27.6 Å². The van der Waals surface area contributed by atoms with Crippen LogP contribution < -0.4 is 5.63 Å². The average Bonchev–Trinajstić information content (AvgIpc) is 3.27. The molecule has 0 radical (unpaired) electrons. The second-order valence-electron chi connectivity index (χ2n) is 11.0. The Morgan fingerprint density at radius 3 is 2.82 bits per heavy atom. The molecular weight excluding hydrogens is 432 g/mol. The summed E-state index contributed by atoms with van der Waals surface area (Å²) in [4.78, 5) is 20.1. The first kappa shape index (κ1) is 20.9. The Morgan fingerprint density at radius 2 is 2.00 bits per heavy atom. The molecule has 6 rings (SSSR count). The maximum absolute atomic E-state index is 13.0. The third kappa shape index (κ3) is 3.56. The van der Waals surface area contributed by atoms with Crippen LogP contribution in [-0.2, 0) is 6.54 Å². The first-order valence-electron chi connectivity index (χ1n) is 11.6. The van der Waals surface area contributed by atoms with Crippen LogP contribution in [0.2, 0.25) is 0 Å². The zero-order valence-electron chi connectivity index (χ0n) is 19.2. The van der Waals surface area contributed by atoms with Gasteiger partial charge in [-0.15, -0.1) is 11.3 Å². The molecule has 2 aromatic carbocycles. The van der Waals surface area contributed by atoms with Gasteiger partial charge in [0, 0.05) is 24.5 Å². The molecule has 1 saturated carbocycles. The molecule has 1 aliphatic heterocycles. The minimum atomic E-state index is -0.415. The van der Waals surface area contributed by atoms with E-state index < -0.39 is 5.63 Å². The van der Waals surface area contributed by atoms with E-state index in [4.69, 9.17) is 4.42 Å². The summed E-state index contributed by atoms with van der Waals surface area (Å²) in [7, 11) is 0. The summed E-state index contributed by atoms with van der Waals surface area (Å²) in [5, 5.41) is 12.2. The lowest BCUT2D eigenvalue weighted by Crippen LogP contribution is -2.34. The highest BCUT2D eigenvalue weighted by molar-refractivity contribution is 7.21. The van der Waals surface area contributed by atoms with Crippen LogP contribution in [0.4, 0.5) is 0 Å². The Hall–Kier alpha value is -2.70. The standard InChI is InChI=1S/C27H28N2O3S/c1-26(2)11-17-12-27(3,14-26)15-29(17)13-19-21(30)9-8-16-10-18(25(31)32-23(16)19)24-28-20-6-4-5-7-22(20)33-24/h4-10,17,30H,11-15H2,1-3H3/t17-,27+/m1/s1. The molecule has 170 valence electrons. The molecule has 3 heterocycles. The van der Waals surface area contributed by atoms with Gasteiger partial charge in [-0.05, 0) is 60.4 Å². The van der Waals surface area contributed by atoms with Crippen molar-refractivity contribution in [3.63, 3.8) is 0 Å². The summed E-state index contributed by atoms with van der Waals surface area (Å²) in [5.74, 6) is 0.184. The highest BCUT2D eigenvalue weighted by Gasteiger charge is 2.49. The molecule has 2 aromatic heterocycles. The summed E-state index contributed by atoms with van der Waals surface area (Å²) in [6, 6.07) is 13.7. The minimum absolute atomic E-state index is 0.184. The smallest absolute Gasteiger partial charge is 0.346 e. The largest absolute Gasteiger partial charge is 0.507 e. The molecule has 2 aliphatic rings. The lowest BCUT2D eigenvalue weighted by atomic mass is 9.65. The van der Waals surface area contributed by atoms with Crippen LogP contribution in [0.25, 0.3) is 31.8 Å². The number of fused-ring (bicyclic) bond motifs is 4. The van der Waals surface area contributed by atoms with E-state index in [0.29, 0.717) is 45.1 Å². The number of para-hydroxylation sites is 1. The molecule has 5 nitrogen and oxygen atoms in total. The normalized spacial score (nSPS) is 24.6. The summed E-state index contributed by atoms with van der Waals surface area (Å²) in [5.41, 5.74) is 2.73. The quantitative estimate of drug-likeness (QED) is 0.370. The van der Waals surface area contributed by atoms with Crippen molar-refractivity contribution in [2.24, 2.45) is 10.8 Å². The molecule has 2 fully saturated rings. The second kappa shape index (κ2) is 7.15. The first-order valence-corrected chi connectivity index (χ1v) is 12.4. The van der Waals surface area contributed by atoms with Gasteiger partial charge in [-0.2, -0.15) is 0 Å². The summed E-state index contributed by atoms with van der Waals surface area (Å²) in [6.45, 7) is 8.69. The number of benzene rings is 2. The Bertz CT molecular complexity index is 1420. The van der Waals surface area contributed by atoms with Crippen LogP contribution >= 0.6 is 11.3 Å². The van der Waals surface area contributed by atoms with Crippen molar-refractivity contribution in [3.8, 4) is 16.3 Å². The predicted octanol–water partition coefficient (Wildman–Crippen LogP) is 6.18. The van der Waals surface area contributed by atoms with E-state index in [1.165, 1.54) is 24.2 Å². The number of phenolic OH excluding ortho intramolecular Hbond substituents is 1. The fraction of sp³-hybridized carbons (Fsp3) is 0.407. The fourth-order valence-corrected chi connectivity index (χ4v) is 7.46. The monoisotopic (exact) mass is 460 g/mol. The number of likely N-dealkylation sites (tertiary alicyclic amines) is 1. The summed E-state index contributed by atoms with van der Waals surface area (Å²) < 4.78 is 6.90. The molecule has 6 heteroatoms. The van der Waals surface area contributed by atoms with Crippen molar-refractivity contribution in [2.45, 2.75) is 52.6 Å². The molecule has 1 saturated heterocycles. The first-order chi connectivity index (χ1) is 15.7. The Labute approximate surface area is 196 Å². The van der Waals surface area contributed by atoms with E-state index >= 15 is 0 Å². The van der Waals surface area contributed by atoms with Crippen LogP contribution in [0.15, 0.2) is 51.7 Å². The molecule has 2 bridgehead atoms. The van der Waals surface area contributed by atoms with Gasteiger partial charge in [0.1, 0.15) is 16.3 Å². The van der Waals surface area contributed by atoms with Crippen LogP contribution in [0.5, 0.6) is 5.75 Å². The highest BCUT2D eigenvalue weighted by Crippen LogP contribution is 2.53. The Balaban J connectivity index is 1.40. The zero-order valence-corrected chi connectivity index (χ0v) is 20.0. The summed E-state index contributed by atoms with van der Waals surface area (Å²) in [6.07, 6.45) is 3.56.